The zero-order valence-electron chi connectivity index (χ0n) is 16.1. The first-order valence-corrected chi connectivity index (χ1v) is 8.64. The highest BCUT2D eigenvalue weighted by molar-refractivity contribution is 6.11. The summed E-state index contributed by atoms with van der Waals surface area (Å²) in [5.74, 6) is -0.840. The van der Waals surface area contributed by atoms with Gasteiger partial charge in [0.1, 0.15) is 12.4 Å². The molecule has 28 heavy (non-hydrogen) atoms. The minimum Gasteiger partial charge on any atom is -0.362 e. The summed E-state index contributed by atoms with van der Waals surface area (Å²) in [6.45, 7) is 4.40. The van der Waals surface area contributed by atoms with Gasteiger partial charge in [0.05, 0.1) is 29.5 Å². The fourth-order valence-electron chi connectivity index (χ4n) is 2.63. The number of nitrogens with zero attached hydrogens (tertiary/aromatic N) is 6. The van der Waals surface area contributed by atoms with Crippen LogP contribution in [0.15, 0.2) is 24.7 Å². The first kappa shape index (κ1) is 19.3. The van der Waals surface area contributed by atoms with Gasteiger partial charge in [-0.15, -0.1) is 0 Å². The van der Waals surface area contributed by atoms with E-state index in [-0.39, 0.29) is 18.1 Å². The van der Waals surface area contributed by atoms with Gasteiger partial charge < -0.3 is 15.4 Å². The molecular formula is C17H22N8O3. The molecule has 0 radical (unpaired) electrons. The molecule has 3 aromatic rings. The summed E-state index contributed by atoms with van der Waals surface area (Å²) >= 11 is 0. The molecule has 2 N–H and O–H groups in total. The Labute approximate surface area is 161 Å². The fourth-order valence-corrected chi connectivity index (χ4v) is 2.63. The third-order valence-corrected chi connectivity index (χ3v) is 4.22. The molecule has 0 fully saturated rings. The Morgan fingerprint density at radius 2 is 1.86 bits per heavy atom. The number of aryl methyl sites for hydroxylation is 2. The summed E-state index contributed by atoms with van der Waals surface area (Å²) < 4.78 is 9.63. The Morgan fingerprint density at radius 3 is 2.50 bits per heavy atom. The van der Waals surface area contributed by atoms with Gasteiger partial charge in [-0.05, 0) is 19.9 Å². The molecule has 11 heteroatoms. The molecule has 3 heterocycles. The van der Waals surface area contributed by atoms with E-state index in [9.17, 15) is 9.59 Å². The Kier molecular flexibility index (Phi) is 5.54. The number of nitrogens with one attached hydrogen (secondary N) is 2. The highest BCUT2D eigenvalue weighted by Crippen LogP contribution is 2.20. The van der Waals surface area contributed by atoms with Crippen molar-refractivity contribution < 1.29 is 14.3 Å². The van der Waals surface area contributed by atoms with Crippen LogP contribution in [0.5, 0.6) is 0 Å². The van der Waals surface area contributed by atoms with Crippen molar-refractivity contribution in [3.8, 4) is 0 Å². The molecule has 2 amide bonds. The minimum atomic E-state index is -0.447. The van der Waals surface area contributed by atoms with Gasteiger partial charge in [0.15, 0.2) is 5.69 Å². The maximum atomic E-state index is 12.8. The summed E-state index contributed by atoms with van der Waals surface area (Å²) in [6, 6.07) is 1.57. The van der Waals surface area contributed by atoms with Crippen LogP contribution in [0.25, 0.3) is 0 Å². The van der Waals surface area contributed by atoms with Gasteiger partial charge >= 0.3 is 0 Å². The fraction of sp³-hybridized carbons (Fsp3) is 0.353. The van der Waals surface area contributed by atoms with E-state index in [0.29, 0.717) is 17.9 Å². The van der Waals surface area contributed by atoms with Crippen LogP contribution in [0, 0.1) is 6.92 Å². The number of ether oxygens (including phenoxy) is 1. The van der Waals surface area contributed by atoms with E-state index in [1.165, 1.54) is 22.7 Å². The predicted octanol–water partition coefficient (Wildman–Crippen LogP) is 1.25. The largest absolute Gasteiger partial charge is 0.362 e. The van der Waals surface area contributed by atoms with Gasteiger partial charge in [-0.2, -0.15) is 15.3 Å². The van der Waals surface area contributed by atoms with Crippen LogP contribution in [-0.4, -0.2) is 48.3 Å². The number of carbonyl (C=O) groups excluding carboxylic acids is 2. The third kappa shape index (κ3) is 3.78. The maximum Gasteiger partial charge on any atom is 0.276 e. The number of anilines is 2. The second kappa shape index (κ2) is 8.05. The lowest BCUT2D eigenvalue weighted by Gasteiger charge is -2.09. The zero-order chi connectivity index (χ0) is 20.3. The first-order valence-electron chi connectivity index (χ1n) is 8.64. The molecule has 3 aromatic heterocycles. The molecule has 11 nitrogen and oxygen atoms in total. The summed E-state index contributed by atoms with van der Waals surface area (Å²) in [5.41, 5.74) is 2.15. The highest BCUT2D eigenvalue weighted by atomic mass is 16.5. The maximum absolute atomic E-state index is 12.8. The number of aromatic nitrogens is 6. The average Bonchev–Trinajstić information content (AvgIpc) is 3.37. The van der Waals surface area contributed by atoms with Crippen LogP contribution in [-0.2, 0) is 25.1 Å². The Hall–Kier alpha value is -3.47. The van der Waals surface area contributed by atoms with Crippen LogP contribution in [0.4, 0.5) is 11.4 Å². The molecular weight excluding hydrogens is 364 g/mol. The molecule has 0 bridgehead atoms. The first-order chi connectivity index (χ1) is 13.4. The van der Waals surface area contributed by atoms with Crippen molar-refractivity contribution in [3.05, 3.63) is 41.7 Å². The lowest BCUT2D eigenvalue weighted by molar-refractivity contribution is 0.101. The Bertz CT molecular complexity index is 1000. The number of hydrogen-bond acceptors (Lipinski definition) is 6. The smallest absolute Gasteiger partial charge is 0.276 e. The van der Waals surface area contributed by atoms with Crippen molar-refractivity contribution in [1.82, 2.24) is 29.3 Å². The second-order valence-electron chi connectivity index (χ2n) is 6.06. The molecule has 0 saturated carbocycles. The van der Waals surface area contributed by atoms with Crippen molar-refractivity contribution in [2.75, 3.05) is 17.7 Å². The van der Waals surface area contributed by atoms with Crippen LogP contribution in [0.1, 0.15) is 33.6 Å². The van der Waals surface area contributed by atoms with Gasteiger partial charge in [0.25, 0.3) is 11.8 Å². The van der Waals surface area contributed by atoms with Crippen LogP contribution in [0.3, 0.4) is 0 Å². The van der Waals surface area contributed by atoms with Gasteiger partial charge in [-0.25, -0.2) is 4.68 Å². The van der Waals surface area contributed by atoms with Gasteiger partial charge in [0, 0.05) is 26.9 Å². The van der Waals surface area contributed by atoms with E-state index in [4.69, 9.17) is 4.74 Å². The highest BCUT2D eigenvalue weighted by Gasteiger charge is 2.22. The minimum absolute atomic E-state index is 0.204. The molecule has 0 aliphatic carbocycles. The molecule has 0 aromatic carbocycles. The standard InChI is InChI=1S/C17H22N8O3/c1-5-25-15(17(27)20-13-8-18-23(3)11(13)2)14(9-19-25)21-16(26)12-6-7-24(22-12)10-28-4/h6-9H,5,10H2,1-4H3,(H,20,27)(H,21,26). The molecule has 0 saturated heterocycles. The van der Waals surface area contributed by atoms with Crippen molar-refractivity contribution in [2.45, 2.75) is 27.1 Å². The van der Waals surface area contributed by atoms with Crippen molar-refractivity contribution in [3.63, 3.8) is 0 Å². The quantitative estimate of drug-likeness (QED) is 0.630. The monoisotopic (exact) mass is 386 g/mol. The average molecular weight is 386 g/mol. The summed E-state index contributed by atoms with van der Waals surface area (Å²) in [6.07, 6.45) is 4.64. The Morgan fingerprint density at radius 1 is 1.14 bits per heavy atom. The summed E-state index contributed by atoms with van der Waals surface area (Å²) in [7, 11) is 3.32. The van der Waals surface area contributed by atoms with Crippen LogP contribution in [0.2, 0.25) is 0 Å². The zero-order valence-corrected chi connectivity index (χ0v) is 16.1. The van der Waals surface area contributed by atoms with Crippen molar-refractivity contribution >= 4 is 23.2 Å². The van der Waals surface area contributed by atoms with Crippen molar-refractivity contribution in [2.24, 2.45) is 7.05 Å². The predicted molar refractivity (Wildman–Crippen MR) is 101 cm³/mol. The van der Waals surface area contributed by atoms with E-state index in [2.05, 4.69) is 25.9 Å². The summed E-state index contributed by atoms with van der Waals surface area (Å²) in [4.78, 5) is 25.4. The van der Waals surface area contributed by atoms with Crippen LogP contribution >= 0.6 is 0 Å². The normalized spacial score (nSPS) is 10.9. The van der Waals surface area contributed by atoms with E-state index in [1.807, 2.05) is 13.8 Å². The molecule has 148 valence electrons. The van der Waals surface area contributed by atoms with Gasteiger partial charge in [-0.3, -0.25) is 19.0 Å². The van der Waals surface area contributed by atoms with E-state index < -0.39 is 11.8 Å². The molecule has 0 aliphatic heterocycles. The van der Waals surface area contributed by atoms with Crippen LogP contribution < -0.4 is 10.6 Å². The van der Waals surface area contributed by atoms with Gasteiger partial charge in [-0.1, -0.05) is 0 Å². The number of rotatable bonds is 7. The topological polar surface area (TPSA) is 121 Å². The number of amides is 2. The van der Waals surface area contributed by atoms with E-state index >= 15 is 0 Å². The lowest BCUT2D eigenvalue weighted by atomic mass is 10.3. The van der Waals surface area contributed by atoms with E-state index in [1.54, 1.807) is 30.2 Å². The second-order valence-corrected chi connectivity index (χ2v) is 6.06. The van der Waals surface area contributed by atoms with Crippen molar-refractivity contribution in [1.29, 1.82) is 0 Å². The number of carbonyl (C=O) groups is 2. The van der Waals surface area contributed by atoms with Gasteiger partial charge in [0.2, 0.25) is 0 Å². The number of hydrogen-bond donors (Lipinski definition) is 2. The molecule has 0 unspecified atom stereocenters. The molecule has 0 spiro atoms. The molecule has 0 atom stereocenters. The molecule has 0 aliphatic rings. The third-order valence-electron chi connectivity index (χ3n) is 4.22. The molecule has 3 rings (SSSR count). The lowest BCUT2D eigenvalue weighted by Crippen LogP contribution is -2.21. The van der Waals surface area contributed by atoms with E-state index in [0.717, 1.165) is 5.69 Å². The number of methoxy groups -OCH3 is 1. The SMILES string of the molecule is CCn1ncc(NC(=O)c2ccn(COC)n2)c1C(=O)Nc1cnn(C)c1C. The Balaban J connectivity index is 1.82. The summed E-state index contributed by atoms with van der Waals surface area (Å²) in [5, 5.41) is 17.9.